The van der Waals surface area contributed by atoms with E-state index in [4.69, 9.17) is 0 Å². The molecule has 2 aromatic heterocycles. The van der Waals surface area contributed by atoms with Crippen LogP contribution in [-0.4, -0.2) is 26.1 Å². The minimum atomic E-state index is -0.470. The van der Waals surface area contributed by atoms with Crippen LogP contribution in [0.3, 0.4) is 0 Å². The number of hydrogen-bond acceptors (Lipinski definition) is 4. The number of pyridine rings is 1. The standard InChI is InChI=1S/C21H17N5O2/c1-13-22-19(26-25-13)15-7-9-16(10-8-15)23-20(27)17-11-12-18(24-21(17)28)14-5-3-2-4-6-14/h2-12H,1H3,(H,23,27)(H,24,28)(H,22,25,26). The maximum Gasteiger partial charge on any atom is 0.261 e. The number of hydrogen-bond donors (Lipinski definition) is 3. The molecule has 0 saturated carbocycles. The van der Waals surface area contributed by atoms with Gasteiger partial charge in [0.2, 0.25) is 0 Å². The monoisotopic (exact) mass is 371 g/mol. The molecule has 4 aromatic rings. The van der Waals surface area contributed by atoms with E-state index in [0.29, 0.717) is 17.2 Å². The summed E-state index contributed by atoms with van der Waals surface area (Å²) < 4.78 is 0. The first-order valence-electron chi connectivity index (χ1n) is 8.70. The van der Waals surface area contributed by atoms with Gasteiger partial charge in [0.1, 0.15) is 11.4 Å². The lowest BCUT2D eigenvalue weighted by Gasteiger charge is -2.07. The predicted octanol–water partition coefficient (Wildman–Crippen LogP) is 3.39. The minimum absolute atomic E-state index is 0.0494. The summed E-state index contributed by atoms with van der Waals surface area (Å²) >= 11 is 0. The molecule has 7 nitrogen and oxygen atoms in total. The van der Waals surface area contributed by atoms with Crippen LogP contribution in [0.4, 0.5) is 5.69 Å². The van der Waals surface area contributed by atoms with Crippen LogP contribution < -0.4 is 10.9 Å². The molecule has 0 radical (unpaired) electrons. The number of aryl methyl sites for hydroxylation is 1. The molecule has 7 heteroatoms. The van der Waals surface area contributed by atoms with Crippen LogP contribution in [0.15, 0.2) is 71.5 Å². The second-order valence-electron chi connectivity index (χ2n) is 6.26. The number of carbonyl (C=O) groups excluding carboxylic acids is 1. The number of amides is 1. The number of nitrogens with one attached hydrogen (secondary N) is 3. The molecule has 28 heavy (non-hydrogen) atoms. The Kier molecular flexibility index (Phi) is 4.55. The van der Waals surface area contributed by atoms with Gasteiger partial charge in [-0.15, -0.1) is 0 Å². The van der Waals surface area contributed by atoms with Crippen LogP contribution in [-0.2, 0) is 0 Å². The molecule has 0 atom stereocenters. The lowest BCUT2D eigenvalue weighted by molar-refractivity contribution is 0.102. The van der Waals surface area contributed by atoms with Crippen molar-refractivity contribution in [1.82, 2.24) is 20.2 Å². The maximum atomic E-state index is 12.5. The smallest absolute Gasteiger partial charge is 0.261 e. The van der Waals surface area contributed by atoms with Crippen molar-refractivity contribution in [3.05, 3.63) is 88.5 Å². The zero-order valence-electron chi connectivity index (χ0n) is 15.1. The van der Waals surface area contributed by atoms with Crippen LogP contribution in [0.25, 0.3) is 22.6 Å². The van der Waals surface area contributed by atoms with Gasteiger partial charge in [0, 0.05) is 16.9 Å². The molecule has 0 fully saturated rings. The summed E-state index contributed by atoms with van der Waals surface area (Å²) in [6, 6.07) is 19.8. The Bertz CT molecular complexity index is 1180. The number of rotatable bonds is 4. The molecule has 0 aliphatic rings. The van der Waals surface area contributed by atoms with E-state index in [-0.39, 0.29) is 5.56 Å². The molecule has 4 rings (SSSR count). The Balaban J connectivity index is 1.51. The van der Waals surface area contributed by atoms with Crippen molar-refractivity contribution in [2.75, 3.05) is 5.32 Å². The van der Waals surface area contributed by atoms with E-state index in [1.54, 1.807) is 30.3 Å². The van der Waals surface area contributed by atoms with Crippen molar-refractivity contribution >= 4 is 11.6 Å². The van der Waals surface area contributed by atoms with E-state index in [9.17, 15) is 9.59 Å². The zero-order valence-corrected chi connectivity index (χ0v) is 15.1. The Morgan fingerprint density at radius 1 is 0.929 bits per heavy atom. The highest BCUT2D eigenvalue weighted by Crippen LogP contribution is 2.19. The normalized spacial score (nSPS) is 10.6. The Morgan fingerprint density at radius 2 is 1.68 bits per heavy atom. The Morgan fingerprint density at radius 3 is 2.32 bits per heavy atom. The van der Waals surface area contributed by atoms with Crippen molar-refractivity contribution < 1.29 is 4.79 Å². The number of aromatic nitrogens is 4. The van der Waals surface area contributed by atoms with Gasteiger partial charge in [0.05, 0.1) is 0 Å². The average molecular weight is 371 g/mol. The zero-order chi connectivity index (χ0) is 19.5. The molecular weight excluding hydrogens is 354 g/mol. The van der Waals surface area contributed by atoms with E-state index in [1.807, 2.05) is 37.3 Å². The third-order valence-electron chi connectivity index (χ3n) is 4.24. The molecule has 0 unspecified atom stereocenters. The summed E-state index contributed by atoms with van der Waals surface area (Å²) in [7, 11) is 0. The Labute approximate surface area is 160 Å². The van der Waals surface area contributed by atoms with Gasteiger partial charge in [0.25, 0.3) is 11.5 Å². The first-order valence-corrected chi connectivity index (χ1v) is 8.70. The van der Waals surface area contributed by atoms with Gasteiger partial charge < -0.3 is 10.3 Å². The van der Waals surface area contributed by atoms with Crippen LogP contribution >= 0.6 is 0 Å². The van der Waals surface area contributed by atoms with Crippen molar-refractivity contribution in [3.63, 3.8) is 0 Å². The summed E-state index contributed by atoms with van der Waals surface area (Å²) in [6.07, 6.45) is 0. The van der Waals surface area contributed by atoms with Gasteiger partial charge in [0.15, 0.2) is 5.82 Å². The quantitative estimate of drug-likeness (QED) is 0.511. The maximum absolute atomic E-state index is 12.5. The van der Waals surface area contributed by atoms with Gasteiger partial charge >= 0.3 is 0 Å². The third-order valence-corrected chi connectivity index (χ3v) is 4.24. The Hall–Kier alpha value is -4.00. The summed E-state index contributed by atoms with van der Waals surface area (Å²) in [4.78, 5) is 31.9. The molecule has 2 aromatic carbocycles. The van der Waals surface area contributed by atoms with Gasteiger partial charge in [-0.3, -0.25) is 14.7 Å². The highest BCUT2D eigenvalue weighted by atomic mass is 16.2. The van der Waals surface area contributed by atoms with Crippen molar-refractivity contribution in [2.24, 2.45) is 0 Å². The highest BCUT2D eigenvalue weighted by Gasteiger charge is 2.12. The fourth-order valence-corrected chi connectivity index (χ4v) is 2.81. The molecule has 0 spiro atoms. The number of H-pyrrole nitrogens is 2. The molecule has 0 bridgehead atoms. The van der Waals surface area contributed by atoms with Crippen molar-refractivity contribution in [3.8, 4) is 22.6 Å². The summed E-state index contributed by atoms with van der Waals surface area (Å²) in [5.41, 5.74) is 2.55. The van der Waals surface area contributed by atoms with Crippen molar-refractivity contribution in [2.45, 2.75) is 6.92 Å². The first kappa shape index (κ1) is 17.4. The van der Waals surface area contributed by atoms with Gasteiger partial charge in [-0.05, 0) is 48.9 Å². The van der Waals surface area contributed by atoms with Crippen LogP contribution in [0.5, 0.6) is 0 Å². The molecule has 1 amide bonds. The van der Waals surface area contributed by atoms with E-state index < -0.39 is 11.5 Å². The lowest BCUT2D eigenvalue weighted by atomic mass is 10.1. The summed E-state index contributed by atoms with van der Waals surface area (Å²) in [5, 5.41) is 9.62. The molecule has 3 N–H and O–H groups in total. The number of carbonyl (C=O) groups is 1. The summed E-state index contributed by atoms with van der Waals surface area (Å²) in [5.74, 6) is 0.844. The molecule has 138 valence electrons. The highest BCUT2D eigenvalue weighted by molar-refractivity contribution is 6.04. The third kappa shape index (κ3) is 3.59. The summed E-state index contributed by atoms with van der Waals surface area (Å²) in [6.45, 7) is 1.83. The number of nitrogens with zero attached hydrogens (tertiary/aromatic N) is 2. The molecule has 0 aliphatic carbocycles. The van der Waals surface area contributed by atoms with E-state index in [2.05, 4.69) is 25.5 Å². The second kappa shape index (κ2) is 7.32. The van der Waals surface area contributed by atoms with Gasteiger partial charge in [-0.2, -0.15) is 5.10 Å². The fraction of sp³-hybridized carbons (Fsp3) is 0.0476. The predicted molar refractivity (Wildman–Crippen MR) is 107 cm³/mol. The van der Waals surface area contributed by atoms with Crippen LogP contribution in [0.1, 0.15) is 16.2 Å². The second-order valence-corrected chi connectivity index (χ2v) is 6.26. The van der Waals surface area contributed by atoms with Crippen molar-refractivity contribution in [1.29, 1.82) is 0 Å². The molecule has 0 aliphatic heterocycles. The average Bonchev–Trinajstić information content (AvgIpc) is 3.15. The molecule has 2 heterocycles. The topological polar surface area (TPSA) is 104 Å². The largest absolute Gasteiger partial charge is 0.322 e. The van der Waals surface area contributed by atoms with E-state index in [0.717, 1.165) is 17.0 Å². The molecule has 0 saturated heterocycles. The molecular formula is C21H17N5O2. The van der Waals surface area contributed by atoms with E-state index in [1.165, 1.54) is 6.07 Å². The minimum Gasteiger partial charge on any atom is -0.322 e. The first-order chi connectivity index (χ1) is 13.6. The number of aromatic amines is 2. The van der Waals surface area contributed by atoms with Gasteiger partial charge in [-0.25, -0.2) is 4.98 Å². The van der Waals surface area contributed by atoms with Crippen LogP contribution in [0, 0.1) is 6.92 Å². The fourth-order valence-electron chi connectivity index (χ4n) is 2.81. The number of anilines is 1. The van der Waals surface area contributed by atoms with Gasteiger partial charge in [-0.1, -0.05) is 30.3 Å². The van der Waals surface area contributed by atoms with Crippen LogP contribution in [0.2, 0.25) is 0 Å². The SMILES string of the molecule is Cc1nc(-c2ccc(NC(=O)c3ccc(-c4ccccc4)[nH]c3=O)cc2)n[nH]1. The number of benzene rings is 2. The lowest BCUT2D eigenvalue weighted by Crippen LogP contribution is -2.23. The van der Waals surface area contributed by atoms with E-state index >= 15 is 0 Å².